The molecule has 10 heteroatoms. The van der Waals surface area contributed by atoms with E-state index in [1.165, 1.54) is 19.2 Å². The molecule has 2 aromatic carbocycles. The van der Waals surface area contributed by atoms with Gasteiger partial charge in [0.2, 0.25) is 0 Å². The molecule has 0 amide bonds. The number of hydrogen-bond donors (Lipinski definition) is 1. The highest BCUT2D eigenvalue weighted by Gasteiger charge is 2.30. The number of nitrogens with zero attached hydrogens (tertiary/aromatic N) is 2. The van der Waals surface area contributed by atoms with Crippen LogP contribution in [0.4, 0.5) is 24.7 Å². The smallest absolute Gasteiger partial charge is 0.273 e. The lowest BCUT2D eigenvalue weighted by Crippen LogP contribution is -2.40. The Balaban J connectivity index is 1.61. The Morgan fingerprint density at radius 2 is 1.85 bits per heavy atom. The highest BCUT2D eigenvalue weighted by atomic mass is 32.2. The second-order valence-electron chi connectivity index (χ2n) is 8.52. The lowest BCUT2D eigenvalue weighted by molar-refractivity contribution is 0.0136. The standard InChI is InChI=1S/C24H26F3N3O3S/c1-15(17-5-4-6-18(23(17)25)24(2,26)27)28-22-8-7-16-13-20(21(33-3)14-19(16)29-22)30-9-11-34(31,32)12-10-30/h4-8,13-15H,9-12H2,1-3H3,(H,28,29). The van der Waals surface area contributed by atoms with Crippen molar-refractivity contribution in [3.63, 3.8) is 0 Å². The molecule has 1 saturated heterocycles. The van der Waals surface area contributed by atoms with E-state index in [9.17, 15) is 21.6 Å². The fourth-order valence-corrected chi connectivity index (χ4v) is 5.31. The van der Waals surface area contributed by atoms with Gasteiger partial charge in [-0.1, -0.05) is 18.2 Å². The number of ether oxygens (including phenoxy) is 1. The molecule has 1 unspecified atom stereocenters. The van der Waals surface area contributed by atoms with Crippen LogP contribution in [0, 0.1) is 5.82 Å². The normalized spacial score (nSPS) is 16.9. The van der Waals surface area contributed by atoms with E-state index in [4.69, 9.17) is 4.74 Å². The average molecular weight is 494 g/mol. The molecule has 1 fully saturated rings. The van der Waals surface area contributed by atoms with Crippen LogP contribution in [0.3, 0.4) is 0 Å². The van der Waals surface area contributed by atoms with Crippen molar-refractivity contribution in [1.29, 1.82) is 0 Å². The third-order valence-electron chi connectivity index (χ3n) is 6.01. The second-order valence-corrected chi connectivity index (χ2v) is 10.8. The first-order chi connectivity index (χ1) is 16.0. The van der Waals surface area contributed by atoms with E-state index in [0.29, 0.717) is 37.1 Å². The van der Waals surface area contributed by atoms with Crippen molar-refractivity contribution in [2.45, 2.75) is 25.8 Å². The van der Waals surface area contributed by atoms with Gasteiger partial charge in [0.05, 0.1) is 41.4 Å². The molecule has 1 N–H and O–H groups in total. The first-order valence-corrected chi connectivity index (χ1v) is 12.7. The molecule has 0 radical (unpaired) electrons. The van der Waals surface area contributed by atoms with Crippen molar-refractivity contribution in [1.82, 2.24) is 4.98 Å². The first-order valence-electron chi connectivity index (χ1n) is 10.9. The number of sulfone groups is 1. The van der Waals surface area contributed by atoms with Crippen LogP contribution in [0.25, 0.3) is 10.9 Å². The average Bonchev–Trinajstić information content (AvgIpc) is 2.77. The molecule has 182 valence electrons. The zero-order valence-electron chi connectivity index (χ0n) is 19.1. The van der Waals surface area contributed by atoms with Crippen LogP contribution in [0.2, 0.25) is 0 Å². The Hall–Kier alpha value is -3.01. The minimum Gasteiger partial charge on any atom is -0.495 e. The number of halogens is 3. The van der Waals surface area contributed by atoms with Gasteiger partial charge in [-0.05, 0) is 25.1 Å². The van der Waals surface area contributed by atoms with Gasteiger partial charge in [0, 0.05) is 37.0 Å². The van der Waals surface area contributed by atoms with Crippen molar-refractivity contribution in [2.24, 2.45) is 0 Å². The van der Waals surface area contributed by atoms with E-state index in [-0.39, 0.29) is 17.1 Å². The molecule has 0 saturated carbocycles. The van der Waals surface area contributed by atoms with Gasteiger partial charge in [0.25, 0.3) is 5.92 Å². The van der Waals surface area contributed by atoms with E-state index >= 15 is 0 Å². The van der Waals surface area contributed by atoms with Crippen LogP contribution in [0.1, 0.15) is 31.0 Å². The Morgan fingerprint density at radius 1 is 1.15 bits per heavy atom. The quantitative estimate of drug-likeness (QED) is 0.527. The van der Waals surface area contributed by atoms with Gasteiger partial charge in [0.15, 0.2) is 9.84 Å². The number of rotatable bonds is 6. The summed E-state index contributed by atoms with van der Waals surface area (Å²) in [5.74, 6) is -3.02. The number of aromatic nitrogens is 1. The summed E-state index contributed by atoms with van der Waals surface area (Å²) in [5.41, 5.74) is 0.888. The Kier molecular flexibility index (Phi) is 6.37. The van der Waals surface area contributed by atoms with Gasteiger partial charge in [0.1, 0.15) is 17.4 Å². The van der Waals surface area contributed by atoms with Gasteiger partial charge in [-0.15, -0.1) is 0 Å². The van der Waals surface area contributed by atoms with Gasteiger partial charge < -0.3 is 15.0 Å². The van der Waals surface area contributed by atoms with Gasteiger partial charge in [-0.25, -0.2) is 26.6 Å². The van der Waals surface area contributed by atoms with Crippen LogP contribution >= 0.6 is 0 Å². The number of anilines is 2. The Morgan fingerprint density at radius 3 is 2.50 bits per heavy atom. The third kappa shape index (κ3) is 4.91. The fraction of sp³-hybridized carbons (Fsp3) is 0.375. The van der Waals surface area contributed by atoms with E-state index in [1.807, 2.05) is 17.0 Å². The molecule has 1 aromatic heterocycles. The zero-order valence-corrected chi connectivity index (χ0v) is 19.9. The summed E-state index contributed by atoms with van der Waals surface area (Å²) in [6.45, 7) is 3.12. The van der Waals surface area contributed by atoms with Crippen molar-refractivity contribution >= 4 is 32.2 Å². The maximum atomic E-state index is 14.7. The lowest BCUT2D eigenvalue weighted by atomic mass is 10.0. The maximum absolute atomic E-state index is 14.7. The largest absolute Gasteiger partial charge is 0.495 e. The molecule has 1 atom stereocenters. The minimum atomic E-state index is -3.28. The van der Waals surface area contributed by atoms with Crippen LogP contribution in [0.15, 0.2) is 42.5 Å². The predicted molar refractivity (Wildman–Crippen MR) is 127 cm³/mol. The minimum absolute atomic E-state index is 0.0922. The number of nitrogens with one attached hydrogen (secondary N) is 1. The number of hydrogen-bond acceptors (Lipinski definition) is 6. The van der Waals surface area contributed by atoms with Crippen molar-refractivity contribution < 1.29 is 26.3 Å². The molecule has 0 spiro atoms. The van der Waals surface area contributed by atoms with Crippen LogP contribution in [-0.2, 0) is 15.8 Å². The number of alkyl halides is 2. The highest BCUT2D eigenvalue weighted by molar-refractivity contribution is 7.91. The van der Waals surface area contributed by atoms with Gasteiger partial charge in [-0.3, -0.25) is 0 Å². The van der Waals surface area contributed by atoms with Crippen LogP contribution in [0.5, 0.6) is 5.75 Å². The molecular weight excluding hydrogens is 467 g/mol. The van der Waals surface area contributed by atoms with E-state index in [1.54, 1.807) is 19.1 Å². The van der Waals surface area contributed by atoms with Crippen LogP contribution in [-0.4, -0.2) is 45.1 Å². The van der Waals surface area contributed by atoms with Crippen molar-refractivity contribution in [3.05, 3.63) is 59.4 Å². The summed E-state index contributed by atoms with van der Waals surface area (Å²) in [7, 11) is -1.47. The SMILES string of the molecule is COc1cc2nc(NC(C)c3cccc(C(C)(F)F)c3F)ccc2cc1N1CCS(=O)(=O)CC1. The molecule has 0 bridgehead atoms. The van der Waals surface area contributed by atoms with Crippen molar-refractivity contribution in [2.75, 3.05) is 41.9 Å². The summed E-state index contributed by atoms with van der Waals surface area (Å²) in [6, 6.07) is 10.6. The van der Waals surface area contributed by atoms with Gasteiger partial charge >= 0.3 is 0 Å². The molecule has 1 aliphatic rings. The van der Waals surface area contributed by atoms with Gasteiger partial charge in [-0.2, -0.15) is 0 Å². The molecule has 0 aliphatic carbocycles. The first kappa shape index (κ1) is 24.1. The second kappa shape index (κ2) is 8.98. The van der Waals surface area contributed by atoms with E-state index < -0.39 is 33.2 Å². The van der Waals surface area contributed by atoms with Crippen LogP contribution < -0.4 is 15.0 Å². The summed E-state index contributed by atoms with van der Waals surface area (Å²) in [6.07, 6.45) is 0. The predicted octanol–water partition coefficient (Wildman–Crippen LogP) is 4.90. The fourth-order valence-electron chi connectivity index (χ4n) is 4.11. The van der Waals surface area contributed by atoms with Crippen molar-refractivity contribution in [3.8, 4) is 5.75 Å². The number of pyridine rings is 1. The number of methoxy groups -OCH3 is 1. The van der Waals surface area contributed by atoms with E-state index in [0.717, 1.165) is 17.1 Å². The molecule has 34 heavy (non-hydrogen) atoms. The molecular formula is C24H26F3N3O3S. The molecule has 1 aliphatic heterocycles. The number of fused-ring (bicyclic) bond motifs is 1. The maximum Gasteiger partial charge on any atom is 0.273 e. The third-order valence-corrected chi connectivity index (χ3v) is 7.62. The highest BCUT2D eigenvalue weighted by Crippen LogP contribution is 2.35. The Labute approximate surface area is 196 Å². The monoisotopic (exact) mass is 493 g/mol. The Bertz CT molecular complexity index is 1310. The molecule has 4 rings (SSSR count). The zero-order chi connectivity index (χ0) is 24.7. The summed E-state index contributed by atoms with van der Waals surface area (Å²) >= 11 is 0. The molecule has 6 nitrogen and oxygen atoms in total. The summed E-state index contributed by atoms with van der Waals surface area (Å²) < 4.78 is 71.3. The number of benzene rings is 2. The molecule has 3 aromatic rings. The molecule has 2 heterocycles. The lowest BCUT2D eigenvalue weighted by Gasteiger charge is -2.30. The van der Waals surface area contributed by atoms with E-state index in [2.05, 4.69) is 10.3 Å². The summed E-state index contributed by atoms with van der Waals surface area (Å²) in [5, 5.41) is 3.90. The summed E-state index contributed by atoms with van der Waals surface area (Å²) in [4.78, 5) is 6.56. The topological polar surface area (TPSA) is 71.5 Å².